The highest BCUT2D eigenvalue weighted by atomic mass is 35.5. The van der Waals surface area contributed by atoms with E-state index in [0.29, 0.717) is 0 Å². The van der Waals surface area contributed by atoms with Gasteiger partial charge in [0.15, 0.2) is 0 Å². The van der Waals surface area contributed by atoms with Gasteiger partial charge in [-0.1, -0.05) is 37.6 Å². The molecule has 0 amide bonds. The number of rotatable bonds is 6. The first-order valence-electron chi connectivity index (χ1n) is 7.59. The zero-order chi connectivity index (χ0) is 15.4. The summed E-state index contributed by atoms with van der Waals surface area (Å²) in [4.78, 5) is 0. The lowest BCUT2D eigenvalue weighted by molar-refractivity contribution is 0.553. The maximum Gasteiger partial charge on any atom is 0.0748 e. The Bertz CT molecular complexity index is 604. The van der Waals surface area contributed by atoms with Crippen LogP contribution in [0.1, 0.15) is 48.8 Å². The van der Waals surface area contributed by atoms with Crippen LogP contribution in [0.25, 0.3) is 0 Å². The highest BCUT2D eigenvalue weighted by molar-refractivity contribution is 6.31. The van der Waals surface area contributed by atoms with Crippen LogP contribution in [0.4, 0.5) is 0 Å². The van der Waals surface area contributed by atoms with E-state index < -0.39 is 0 Å². The van der Waals surface area contributed by atoms with Crippen molar-refractivity contribution in [1.82, 2.24) is 15.1 Å². The predicted molar refractivity (Wildman–Crippen MR) is 88.9 cm³/mol. The third kappa shape index (κ3) is 3.66. The van der Waals surface area contributed by atoms with Crippen LogP contribution in [-0.2, 0) is 13.5 Å². The monoisotopic (exact) mass is 305 g/mol. The second kappa shape index (κ2) is 7.10. The molecule has 0 saturated carbocycles. The van der Waals surface area contributed by atoms with Crippen molar-refractivity contribution in [3.63, 3.8) is 0 Å². The molecular weight excluding hydrogens is 282 g/mol. The van der Waals surface area contributed by atoms with Crippen molar-refractivity contribution in [2.75, 3.05) is 6.54 Å². The average Bonchev–Trinajstić information content (AvgIpc) is 2.84. The number of nitrogens with one attached hydrogen (secondary N) is 1. The lowest BCUT2D eigenvalue weighted by Crippen LogP contribution is -2.25. The van der Waals surface area contributed by atoms with Crippen molar-refractivity contribution in [3.8, 4) is 0 Å². The van der Waals surface area contributed by atoms with Gasteiger partial charge in [0, 0.05) is 12.1 Å². The molecule has 1 atom stereocenters. The van der Waals surface area contributed by atoms with Gasteiger partial charge in [0.25, 0.3) is 0 Å². The van der Waals surface area contributed by atoms with Gasteiger partial charge in [-0.25, -0.2) is 0 Å². The fourth-order valence-corrected chi connectivity index (χ4v) is 2.65. The molecule has 1 N–H and O–H groups in total. The normalized spacial score (nSPS) is 12.6. The first-order chi connectivity index (χ1) is 10.1. The molecule has 114 valence electrons. The van der Waals surface area contributed by atoms with E-state index >= 15 is 0 Å². The fourth-order valence-electron chi connectivity index (χ4n) is 2.46. The summed E-state index contributed by atoms with van der Waals surface area (Å²) in [6.45, 7) is 7.29. The molecule has 0 bridgehead atoms. The Hall–Kier alpha value is -1.32. The smallest absolute Gasteiger partial charge is 0.0748 e. The predicted octanol–water partition coefficient (Wildman–Crippen LogP) is 4.03. The zero-order valence-electron chi connectivity index (χ0n) is 13.3. The maximum absolute atomic E-state index is 6.30. The molecule has 21 heavy (non-hydrogen) atoms. The van der Waals surface area contributed by atoms with Gasteiger partial charge in [0.1, 0.15) is 0 Å². The molecule has 0 aliphatic rings. The Morgan fingerprint density at radius 3 is 2.62 bits per heavy atom. The van der Waals surface area contributed by atoms with Crippen molar-refractivity contribution in [1.29, 1.82) is 0 Å². The molecule has 0 aliphatic heterocycles. The van der Waals surface area contributed by atoms with Crippen LogP contribution in [0.3, 0.4) is 0 Å². The lowest BCUT2D eigenvalue weighted by Gasteiger charge is -2.20. The molecule has 0 radical (unpaired) electrons. The van der Waals surface area contributed by atoms with E-state index in [2.05, 4.69) is 48.5 Å². The maximum atomic E-state index is 6.30. The molecule has 1 unspecified atom stereocenters. The number of aryl methyl sites for hydroxylation is 3. The minimum Gasteiger partial charge on any atom is -0.305 e. The summed E-state index contributed by atoms with van der Waals surface area (Å²) in [7, 11) is 2.00. The average molecular weight is 306 g/mol. The van der Waals surface area contributed by atoms with Gasteiger partial charge >= 0.3 is 0 Å². The van der Waals surface area contributed by atoms with Gasteiger partial charge in [-0.3, -0.25) is 4.68 Å². The minimum absolute atomic E-state index is 0.126. The molecule has 0 aliphatic carbocycles. The molecule has 3 nitrogen and oxygen atoms in total. The van der Waals surface area contributed by atoms with Gasteiger partial charge in [0.2, 0.25) is 0 Å². The highest BCUT2D eigenvalue weighted by Crippen LogP contribution is 2.26. The van der Waals surface area contributed by atoms with E-state index in [1.54, 1.807) is 0 Å². The Balaban J connectivity index is 2.41. The van der Waals surface area contributed by atoms with Crippen LogP contribution in [0.15, 0.2) is 24.3 Å². The molecule has 2 aromatic rings. The van der Waals surface area contributed by atoms with Crippen LogP contribution in [0, 0.1) is 6.92 Å². The van der Waals surface area contributed by atoms with Crippen molar-refractivity contribution >= 4 is 11.6 Å². The topological polar surface area (TPSA) is 29.9 Å². The molecule has 1 aromatic carbocycles. The fraction of sp³-hybridized carbons (Fsp3) is 0.471. The van der Waals surface area contributed by atoms with E-state index in [4.69, 9.17) is 11.6 Å². The number of benzene rings is 1. The summed E-state index contributed by atoms with van der Waals surface area (Å²) in [6, 6.07) is 8.59. The second-order valence-electron chi connectivity index (χ2n) is 5.43. The van der Waals surface area contributed by atoms with Crippen molar-refractivity contribution in [2.45, 2.75) is 39.7 Å². The highest BCUT2D eigenvalue weighted by Gasteiger charge is 2.18. The summed E-state index contributed by atoms with van der Waals surface area (Å²) < 4.78 is 1.97. The third-order valence-corrected chi connectivity index (χ3v) is 4.16. The van der Waals surface area contributed by atoms with Gasteiger partial charge < -0.3 is 5.32 Å². The lowest BCUT2D eigenvalue weighted by atomic mass is 10.0. The second-order valence-corrected chi connectivity index (χ2v) is 5.84. The quantitative estimate of drug-likeness (QED) is 0.873. The SMILES string of the molecule is CCCNC(c1ccc(C)c(Cl)c1)c1cc(CC)nn1C. The molecule has 0 spiro atoms. The number of nitrogens with zero attached hydrogens (tertiary/aromatic N) is 2. The Kier molecular flexibility index (Phi) is 5.43. The van der Waals surface area contributed by atoms with E-state index in [-0.39, 0.29) is 6.04 Å². The molecule has 0 saturated heterocycles. The zero-order valence-corrected chi connectivity index (χ0v) is 14.0. The Labute approximate surface area is 132 Å². The third-order valence-electron chi connectivity index (χ3n) is 3.75. The number of hydrogen-bond acceptors (Lipinski definition) is 2. The van der Waals surface area contributed by atoms with Crippen molar-refractivity contribution in [2.24, 2.45) is 7.05 Å². The Morgan fingerprint density at radius 2 is 2.05 bits per heavy atom. The van der Waals surface area contributed by atoms with Crippen molar-refractivity contribution < 1.29 is 0 Å². The van der Waals surface area contributed by atoms with Gasteiger partial charge in [0.05, 0.1) is 17.4 Å². The van der Waals surface area contributed by atoms with Gasteiger partial charge in [-0.2, -0.15) is 5.10 Å². The standard InChI is InChI=1S/C17H24ClN3/c1-5-9-19-17(13-8-7-12(3)15(18)10-13)16-11-14(6-2)20-21(16)4/h7-8,10-11,17,19H,5-6,9H2,1-4H3. The number of hydrogen-bond donors (Lipinski definition) is 1. The molecule has 1 heterocycles. The van der Waals surface area contributed by atoms with E-state index in [1.165, 1.54) is 11.3 Å². The number of aromatic nitrogens is 2. The van der Waals surface area contributed by atoms with Gasteiger partial charge in [-0.15, -0.1) is 0 Å². The summed E-state index contributed by atoms with van der Waals surface area (Å²) in [5, 5.41) is 8.99. The molecule has 4 heteroatoms. The van der Waals surface area contributed by atoms with Crippen LogP contribution >= 0.6 is 11.6 Å². The molecule has 2 rings (SSSR count). The summed E-state index contributed by atoms with van der Waals surface area (Å²) in [5.74, 6) is 0. The van der Waals surface area contributed by atoms with E-state index in [9.17, 15) is 0 Å². The van der Waals surface area contributed by atoms with E-state index in [0.717, 1.165) is 35.7 Å². The summed E-state index contributed by atoms with van der Waals surface area (Å²) in [5.41, 5.74) is 4.59. The molecule has 0 fully saturated rings. The summed E-state index contributed by atoms with van der Waals surface area (Å²) in [6.07, 6.45) is 2.04. The van der Waals surface area contributed by atoms with Crippen molar-refractivity contribution in [3.05, 3.63) is 51.8 Å². The van der Waals surface area contributed by atoms with Crippen LogP contribution in [0.2, 0.25) is 5.02 Å². The summed E-state index contributed by atoms with van der Waals surface area (Å²) >= 11 is 6.30. The minimum atomic E-state index is 0.126. The molecular formula is C17H24ClN3. The largest absolute Gasteiger partial charge is 0.305 e. The van der Waals surface area contributed by atoms with Gasteiger partial charge in [-0.05, 0) is 49.6 Å². The first-order valence-corrected chi connectivity index (χ1v) is 7.96. The van der Waals surface area contributed by atoms with Crippen LogP contribution in [0.5, 0.6) is 0 Å². The molecule has 1 aromatic heterocycles. The number of halogens is 1. The van der Waals surface area contributed by atoms with E-state index in [1.807, 2.05) is 18.7 Å². The first kappa shape index (κ1) is 16.1. The van der Waals surface area contributed by atoms with Crippen LogP contribution in [-0.4, -0.2) is 16.3 Å². The van der Waals surface area contributed by atoms with Crippen LogP contribution < -0.4 is 5.32 Å². The Morgan fingerprint density at radius 1 is 1.29 bits per heavy atom.